The molecule has 0 aliphatic heterocycles. The van der Waals surface area contributed by atoms with E-state index >= 15 is 0 Å². The summed E-state index contributed by atoms with van der Waals surface area (Å²) in [7, 11) is 4.67. The standard InChI is InChI=1S/C34H39N5O6S/c1-19(40)36-23-12-10-20-16-29(43-2)32(44-3)33(45-4)31(20)21-11-13-26(28(41)17-22(21)23)37-27(14-15-46-5)34(42)35-18-30-38-24-8-6-7-9-25(24)39-30/h6-9,11,13,16-17,23,27H,10,12,14-15,18H2,1-5H3,(H,35,42)(H,36,40)(H,37,41)(H,38,39)/t23-,27+/m0/s1. The van der Waals surface area contributed by atoms with Crippen LogP contribution in [0.15, 0.2) is 53.3 Å². The quantitative estimate of drug-likeness (QED) is 0.174. The van der Waals surface area contributed by atoms with Crippen LogP contribution in [0, 0.1) is 0 Å². The fourth-order valence-corrected chi connectivity index (χ4v) is 6.37. The highest BCUT2D eigenvalue weighted by Crippen LogP contribution is 2.50. The summed E-state index contributed by atoms with van der Waals surface area (Å²) in [4.78, 5) is 47.3. The van der Waals surface area contributed by atoms with Gasteiger partial charge in [-0.15, -0.1) is 0 Å². The van der Waals surface area contributed by atoms with Crippen molar-refractivity contribution in [1.29, 1.82) is 0 Å². The van der Waals surface area contributed by atoms with Crippen molar-refractivity contribution < 1.29 is 23.8 Å². The third kappa shape index (κ3) is 6.91. The molecule has 11 nitrogen and oxygen atoms in total. The van der Waals surface area contributed by atoms with Crippen LogP contribution in [0.5, 0.6) is 17.2 Å². The predicted molar refractivity (Wildman–Crippen MR) is 181 cm³/mol. The predicted octanol–water partition coefficient (Wildman–Crippen LogP) is 4.59. The van der Waals surface area contributed by atoms with E-state index in [4.69, 9.17) is 14.2 Å². The number of aromatic amines is 1. The Labute approximate surface area is 271 Å². The number of imidazole rings is 1. The van der Waals surface area contributed by atoms with E-state index in [2.05, 4.69) is 25.9 Å². The number of aryl methyl sites for hydroxylation is 1. The normalized spacial score (nSPS) is 14.3. The van der Waals surface area contributed by atoms with Gasteiger partial charge in [0.15, 0.2) is 11.5 Å². The fourth-order valence-electron chi connectivity index (χ4n) is 5.90. The topological polar surface area (TPSA) is 144 Å². The Balaban J connectivity index is 1.53. The first-order valence-corrected chi connectivity index (χ1v) is 16.4. The lowest BCUT2D eigenvalue weighted by Gasteiger charge is -2.19. The number of benzene rings is 2. The molecule has 0 radical (unpaired) electrons. The van der Waals surface area contributed by atoms with Crippen LogP contribution in [0.2, 0.25) is 0 Å². The summed E-state index contributed by atoms with van der Waals surface area (Å²) >= 11 is 1.62. The second-order valence-electron chi connectivity index (χ2n) is 11.0. The van der Waals surface area contributed by atoms with Gasteiger partial charge in [-0.3, -0.25) is 14.4 Å². The Bertz CT molecular complexity index is 1780. The number of nitrogens with zero attached hydrogens (tertiary/aromatic N) is 1. The molecule has 46 heavy (non-hydrogen) atoms. The zero-order valence-corrected chi connectivity index (χ0v) is 27.4. The molecule has 5 rings (SSSR count). The smallest absolute Gasteiger partial charge is 0.242 e. The minimum absolute atomic E-state index is 0.209. The Morgan fingerprint density at radius 1 is 1.07 bits per heavy atom. The summed E-state index contributed by atoms with van der Waals surface area (Å²) in [6, 6.07) is 13.5. The van der Waals surface area contributed by atoms with Crippen LogP contribution >= 0.6 is 11.8 Å². The van der Waals surface area contributed by atoms with E-state index < -0.39 is 12.1 Å². The molecule has 0 unspecified atom stereocenters. The molecular formula is C34H39N5O6S. The minimum Gasteiger partial charge on any atom is -0.493 e. The number of rotatable bonds is 12. The molecule has 4 aromatic rings. The van der Waals surface area contributed by atoms with Gasteiger partial charge in [0.25, 0.3) is 0 Å². The molecule has 2 amide bonds. The molecule has 1 heterocycles. The molecule has 12 heteroatoms. The van der Waals surface area contributed by atoms with Gasteiger partial charge in [-0.25, -0.2) is 4.98 Å². The Hall–Kier alpha value is -4.71. The molecule has 0 spiro atoms. The number of methoxy groups -OCH3 is 3. The second kappa shape index (κ2) is 14.6. The average Bonchev–Trinajstić information content (AvgIpc) is 3.34. The van der Waals surface area contributed by atoms with Crippen LogP contribution < -0.4 is 35.6 Å². The van der Waals surface area contributed by atoms with E-state index in [1.54, 1.807) is 45.2 Å². The summed E-state index contributed by atoms with van der Waals surface area (Å²) in [6.07, 6.45) is 3.60. The zero-order valence-electron chi connectivity index (χ0n) is 26.6. The van der Waals surface area contributed by atoms with E-state index in [0.717, 1.165) is 22.2 Å². The van der Waals surface area contributed by atoms with E-state index in [9.17, 15) is 14.4 Å². The van der Waals surface area contributed by atoms with Gasteiger partial charge in [-0.05, 0) is 78.3 Å². The summed E-state index contributed by atoms with van der Waals surface area (Å²) in [5.41, 5.74) is 4.72. The van der Waals surface area contributed by atoms with Crippen molar-refractivity contribution in [2.75, 3.05) is 38.7 Å². The molecule has 0 saturated heterocycles. The number of H-pyrrole nitrogens is 1. The molecule has 4 N–H and O–H groups in total. The zero-order chi connectivity index (χ0) is 32.8. The number of carbonyl (C=O) groups is 2. The van der Waals surface area contributed by atoms with Crippen molar-refractivity contribution in [1.82, 2.24) is 20.6 Å². The lowest BCUT2D eigenvalue weighted by atomic mass is 9.95. The van der Waals surface area contributed by atoms with Crippen LogP contribution in [0.1, 0.15) is 42.8 Å². The number of anilines is 1. The number of ether oxygens (including phenoxy) is 3. The Kier molecular flexibility index (Phi) is 10.4. The van der Waals surface area contributed by atoms with Gasteiger partial charge < -0.3 is 35.1 Å². The number of aromatic nitrogens is 2. The van der Waals surface area contributed by atoms with Crippen molar-refractivity contribution in [2.24, 2.45) is 0 Å². The number of carbonyl (C=O) groups excluding carboxylic acids is 2. The summed E-state index contributed by atoms with van der Waals surface area (Å²) in [6.45, 7) is 1.67. The number of hydrogen-bond donors (Lipinski definition) is 4. The summed E-state index contributed by atoms with van der Waals surface area (Å²) < 4.78 is 17.2. The minimum atomic E-state index is -0.677. The number of amides is 2. The summed E-state index contributed by atoms with van der Waals surface area (Å²) in [5.74, 6) is 2.31. The first-order valence-electron chi connectivity index (χ1n) is 15.0. The number of fused-ring (bicyclic) bond motifs is 4. The number of nitrogens with one attached hydrogen (secondary N) is 4. The van der Waals surface area contributed by atoms with E-state index in [-0.39, 0.29) is 29.5 Å². The molecule has 3 aromatic carbocycles. The maximum Gasteiger partial charge on any atom is 0.242 e. The molecule has 1 aliphatic carbocycles. The van der Waals surface area contributed by atoms with Crippen molar-refractivity contribution in [3.63, 3.8) is 0 Å². The maximum absolute atomic E-state index is 13.8. The van der Waals surface area contributed by atoms with Gasteiger partial charge in [0.2, 0.25) is 23.0 Å². The van der Waals surface area contributed by atoms with E-state index in [1.165, 1.54) is 6.92 Å². The van der Waals surface area contributed by atoms with Crippen molar-refractivity contribution in [3.8, 4) is 28.4 Å². The maximum atomic E-state index is 13.8. The Morgan fingerprint density at radius 3 is 2.54 bits per heavy atom. The van der Waals surface area contributed by atoms with Crippen LogP contribution in [0.3, 0.4) is 0 Å². The van der Waals surface area contributed by atoms with Gasteiger partial charge >= 0.3 is 0 Å². The second-order valence-corrected chi connectivity index (χ2v) is 12.0. The number of para-hydroxylation sites is 2. The highest BCUT2D eigenvalue weighted by molar-refractivity contribution is 7.98. The molecule has 0 saturated carbocycles. The van der Waals surface area contributed by atoms with Crippen LogP contribution in [0.4, 0.5) is 5.69 Å². The van der Waals surface area contributed by atoms with Gasteiger partial charge in [0.05, 0.1) is 50.6 Å². The fraction of sp³-hybridized carbons (Fsp3) is 0.353. The first kappa shape index (κ1) is 32.7. The molecule has 242 valence electrons. The molecule has 2 atom stereocenters. The highest BCUT2D eigenvalue weighted by atomic mass is 32.2. The molecule has 1 aliphatic rings. The monoisotopic (exact) mass is 645 g/mol. The van der Waals surface area contributed by atoms with Crippen LogP contribution in [-0.4, -0.2) is 61.2 Å². The van der Waals surface area contributed by atoms with Crippen molar-refractivity contribution in [3.05, 3.63) is 75.7 Å². The number of hydrogen-bond acceptors (Lipinski definition) is 9. The van der Waals surface area contributed by atoms with Crippen LogP contribution in [0.25, 0.3) is 22.2 Å². The highest BCUT2D eigenvalue weighted by Gasteiger charge is 2.30. The van der Waals surface area contributed by atoms with Gasteiger partial charge in [0, 0.05) is 12.5 Å². The third-order valence-corrected chi connectivity index (χ3v) is 8.69. The van der Waals surface area contributed by atoms with Gasteiger partial charge in [-0.1, -0.05) is 18.2 Å². The molecule has 0 fully saturated rings. The SMILES string of the molecule is COc1cc2c(c(OC)c1OC)-c1ccc(N[C@H](CCSC)C(=O)NCc3nc4ccccc4[nH]3)c(=O)cc1[C@@H](NC(C)=O)CC2. The molecule has 1 aromatic heterocycles. The first-order chi connectivity index (χ1) is 22.3. The summed E-state index contributed by atoms with van der Waals surface area (Å²) in [5, 5.41) is 9.20. The van der Waals surface area contributed by atoms with E-state index in [0.29, 0.717) is 59.2 Å². The van der Waals surface area contributed by atoms with Crippen LogP contribution in [-0.2, 0) is 22.6 Å². The van der Waals surface area contributed by atoms with Crippen molar-refractivity contribution >= 4 is 40.3 Å². The lowest BCUT2D eigenvalue weighted by molar-refractivity contribution is -0.122. The van der Waals surface area contributed by atoms with E-state index in [1.807, 2.05) is 42.7 Å². The third-order valence-electron chi connectivity index (χ3n) is 8.04. The van der Waals surface area contributed by atoms with Crippen molar-refractivity contribution in [2.45, 2.75) is 44.8 Å². The molecular weight excluding hydrogens is 606 g/mol. The largest absolute Gasteiger partial charge is 0.493 e. The van der Waals surface area contributed by atoms with Gasteiger partial charge in [-0.2, -0.15) is 11.8 Å². The average molecular weight is 646 g/mol. The van der Waals surface area contributed by atoms with Gasteiger partial charge in [0.1, 0.15) is 11.9 Å². The Morgan fingerprint density at radius 2 is 1.85 bits per heavy atom. The lowest BCUT2D eigenvalue weighted by Crippen LogP contribution is -2.40. The molecule has 0 bridgehead atoms. The number of thioether (sulfide) groups is 1.